The summed E-state index contributed by atoms with van der Waals surface area (Å²) in [5, 5.41) is 3.13. The van der Waals surface area contributed by atoms with Crippen molar-refractivity contribution in [1.29, 1.82) is 0 Å². The van der Waals surface area contributed by atoms with E-state index < -0.39 is 0 Å². The zero-order valence-electron chi connectivity index (χ0n) is 9.19. The number of anilines is 1. The summed E-state index contributed by atoms with van der Waals surface area (Å²) >= 11 is 2.25. The van der Waals surface area contributed by atoms with Crippen LogP contribution in [0, 0.1) is 3.57 Å². The summed E-state index contributed by atoms with van der Waals surface area (Å²) < 4.78 is 1.15. The average Bonchev–Trinajstić information content (AvgIpc) is 2.37. The van der Waals surface area contributed by atoms with Gasteiger partial charge in [0, 0.05) is 14.8 Å². The van der Waals surface area contributed by atoms with Gasteiger partial charge in [-0.05, 0) is 40.8 Å². The lowest BCUT2D eigenvalue weighted by Crippen LogP contribution is -2.13. The van der Waals surface area contributed by atoms with Crippen LogP contribution in [0.3, 0.4) is 0 Å². The Balaban J connectivity index is 1.97. The van der Waals surface area contributed by atoms with E-state index in [4.69, 9.17) is 0 Å². The van der Waals surface area contributed by atoms with Crippen molar-refractivity contribution >= 4 is 34.1 Å². The number of nitrogens with one attached hydrogen (secondary N) is 1. The highest BCUT2D eigenvalue weighted by Gasteiger charge is 2.04. The number of Topliss-reactive ketones (excluding diaryl/α,β-unsaturated/α-hetero) is 1. The molecule has 0 heterocycles. The molecule has 86 valence electrons. The molecule has 2 aromatic rings. The molecule has 0 radical (unpaired) electrons. The Bertz CT molecular complexity index is 511. The second-order valence-electron chi connectivity index (χ2n) is 3.65. The van der Waals surface area contributed by atoms with Crippen molar-refractivity contribution in [3.05, 3.63) is 63.7 Å². The molecule has 0 aliphatic rings. The van der Waals surface area contributed by atoms with Crippen LogP contribution in [0.15, 0.2) is 54.6 Å². The van der Waals surface area contributed by atoms with E-state index >= 15 is 0 Å². The quantitative estimate of drug-likeness (QED) is 0.682. The zero-order chi connectivity index (χ0) is 12.1. The highest BCUT2D eigenvalue weighted by Crippen LogP contribution is 2.12. The van der Waals surface area contributed by atoms with Crippen LogP contribution in [0.25, 0.3) is 0 Å². The van der Waals surface area contributed by atoms with Gasteiger partial charge in [-0.2, -0.15) is 0 Å². The molecule has 0 aliphatic carbocycles. The molecule has 2 aromatic carbocycles. The van der Waals surface area contributed by atoms with Gasteiger partial charge < -0.3 is 5.32 Å². The summed E-state index contributed by atoms with van der Waals surface area (Å²) in [5.41, 5.74) is 1.71. The molecule has 0 spiro atoms. The first-order chi connectivity index (χ1) is 8.25. The fourth-order valence-corrected chi connectivity index (χ4v) is 2.05. The lowest BCUT2D eigenvalue weighted by Gasteiger charge is -2.06. The first-order valence-electron chi connectivity index (χ1n) is 5.33. The summed E-state index contributed by atoms with van der Waals surface area (Å²) in [6.07, 6.45) is 0. The fraction of sp³-hybridized carbons (Fsp3) is 0.0714. The molecule has 0 saturated heterocycles. The third kappa shape index (κ3) is 3.56. The normalized spacial score (nSPS) is 9.94. The van der Waals surface area contributed by atoms with Crippen molar-refractivity contribution in [3.63, 3.8) is 0 Å². The van der Waals surface area contributed by atoms with E-state index in [0.717, 1.165) is 14.8 Å². The Hall–Kier alpha value is -1.36. The Morgan fingerprint density at radius 2 is 1.82 bits per heavy atom. The van der Waals surface area contributed by atoms with Crippen LogP contribution in [0.1, 0.15) is 10.4 Å². The number of hydrogen-bond donors (Lipinski definition) is 1. The van der Waals surface area contributed by atoms with Crippen LogP contribution < -0.4 is 5.32 Å². The lowest BCUT2D eigenvalue weighted by atomic mass is 10.1. The van der Waals surface area contributed by atoms with Crippen LogP contribution in [0.2, 0.25) is 0 Å². The van der Waals surface area contributed by atoms with Gasteiger partial charge in [-0.1, -0.05) is 36.4 Å². The van der Waals surface area contributed by atoms with E-state index in [1.165, 1.54) is 0 Å². The van der Waals surface area contributed by atoms with Crippen LogP contribution in [0.4, 0.5) is 5.69 Å². The van der Waals surface area contributed by atoms with Crippen molar-refractivity contribution in [1.82, 2.24) is 0 Å². The van der Waals surface area contributed by atoms with E-state index in [2.05, 4.69) is 27.9 Å². The molecule has 0 amide bonds. The summed E-state index contributed by atoms with van der Waals surface area (Å²) in [7, 11) is 0. The van der Waals surface area contributed by atoms with Crippen molar-refractivity contribution in [2.45, 2.75) is 0 Å². The van der Waals surface area contributed by atoms with Crippen molar-refractivity contribution in [2.24, 2.45) is 0 Å². The largest absolute Gasteiger partial charge is 0.378 e. The minimum atomic E-state index is 0.101. The van der Waals surface area contributed by atoms with E-state index in [1.807, 2.05) is 54.6 Å². The first-order valence-corrected chi connectivity index (χ1v) is 6.41. The van der Waals surface area contributed by atoms with Gasteiger partial charge >= 0.3 is 0 Å². The monoisotopic (exact) mass is 337 g/mol. The molecule has 0 bridgehead atoms. The predicted molar refractivity (Wildman–Crippen MR) is 78.4 cm³/mol. The molecule has 0 aromatic heterocycles. The van der Waals surface area contributed by atoms with Gasteiger partial charge in [-0.25, -0.2) is 0 Å². The van der Waals surface area contributed by atoms with Crippen LogP contribution in [0.5, 0.6) is 0 Å². The van der Waals surface area contributed by atoms with Crippen LogP contribution in [-0.4, -0.2) is 12.3 Å². The second kappa shape index (κ2) is 5.82. The third-order valence-corrected chi connectivity index (χ3v) is 3.04. The highest BCUT2D eigenvalue weighted by molar-refractivity contribution is 14.1. The predicted octanol–water partition coefficient (Wildman–Crippen LogP) is 3.59. The highest BCUT2D eigenvalue weighted by atomic mass is 127. The molecule has 0 aliphatic heterocycles. The maximum atomic E-state index is 11.8. The van der Waals surface area contributed by atoms with E-state index in [9.17, 15) is 4.79 Å². The molecule has 0 saturated carbocycles. The minimum Gasteiger partial charge on any atom is -0.378 e. The van der Waals surface area contributed by atoms with E-state index in [0.29, 0.717) is 6.54 Å². The number of carbonyl (C=O) groups is 1. The average molecular weight is 337 g/mol. The van der Waals surface area contributed by atoms with Gasteiger partial charge in [0.05, 0.1) is 6.54 Å². The van der Waals surface area contributed by atoms with Crippen molar-refractivity contribution in [3.8, 4) is 0 Å². The van der Waals surface area contributed by atoms with Gasteiger partial charge in [0.2, 0.25) is 0 Å². The number of carbonyl (C=O) groups excluding carboxylic acids is 1. The van der Waals surface area contributed by atoms with Crippen LogP contribution in [-0.2, 0) is 0 Å². The molecular weight excluding hydrogens is 325 g/mol. The molecule has 0 fully saturated rings. The standard InChI is InChI=1S/C14H12INO/c15-12-7-4-8-13(9-12)16-10-14(17)11-5-2-1-3-6-11/h1-9,16H,10H2. The van der Waals surface area contributed by atoms with Gasteiger partial charge in [-0.3, -0.25) is 4.79 Å². The third-order valence-electron chi connectivity index (χ3n) is 2.37. The molecule has 1 N–H and O–H groups in total. The Kier molecular flexibility index (Phi) is 4.14. The molecule has 2 rings (SSSR count). The Morgan fingerprint density at radius 3 is 2.53 bits per heavy atom. The summed E-state index contributed by atoms with van der Waals surface area (Å²) in [5.74, 6) is 0.101. The van der Waals surface area contributed by atoms with E-state index in [1.54, 1.807) is 0 Å². The maximum absolute atomic E-state index is 11.8. The minimum absolute atomic E-state index is 0.101. The van der Waals surface area contributed by atoms with Crippen LogP contribution >= 0.6 is 22.6 Å². The van der Waals surface area contributed by atoms with E-state index in [-0.39, 0.29) is 5.78 Å². The molecule has 0 atom stereocenters. The van der Waals surface area contributed by atoms with Gasteiger partial charge in [0.15, 0.2) is 5.78 Å². The van der Waals surface area contributed by atoms with Crippen molar-refractivity contribution in [2.75, 3.05) is 11.9 Å². The molecule has 0 unspecified atom stereocenters. The molecular formula is C14H12INO. The first kappa shape index (κ1) is 12.1. The van der Waals surface area contributed by atoms with Crippen molar-refractivity contribution < 1.29 is 4.79 Å². The van der Waals surface area contributed by atoms with Gasteiger partial charge in [0.1, 0.15) is 0 Å². The smallest absolute Gasteiger partial charge is 0.181 e. The summed E-state index contributed by atoms with van der Waals surface area (Å²) in [4.78, 5) is 11.8. The number of halogens is 1. The summed E-state index contributed by atoms with van der Waals surface area (Å²) in [6, 6.07) is 17.3. The zero-order valence-corrected chi connectivity index (χ0v) is 11.3. The maximum Gasteiger partial charge on any atom is 0.181 e. The SMILES string of the molecule is O=C(CNc1cccc(I)c1)c1ccccc1. The number of rotatable bonds is 4. The number of ketones is 1. The van der Waals surface area contributed by atoms with Gasteiger partial charge in [-0.15, -0.1) is 0 Å². The van der Waals surface area contributed by atoms with Gasteiger partial charge in [0.25, 0.3) is 0 Å². The fourth-order valence-electron chi connectivity index (χ4n) is 1.51. The second-order valence-corrected chi connectivity index (χ2v) is 4.90. The topological polar surface area (TPSA) is 29.1 Å². The number of benzene rings is 2. The Labute approximate surface area is 114 Å². The lowest BCUT2D eigenvalue weighted by molar-refractivity contribution is 0.101. The molecule has 3 heteroatoms. The Morgan fingerprint density at radius 1 is 1.06 bits per heavy atom. The molecule has 17 heavy (non-hydrogen) atoms. The molecule has 2 nitrogen and oxygen atoms in total. The summed E-state index contributed by atoms with van der Waals surface area (Å²) in [6.45, 7) is 0.324. The number of hydrogen-bond acceptors (Lipinski definition) is 2.